The zero-order valence-electron chi connectivity index (χ0n) is 19.0. The van der Waals surface area contributed by atoms with Crippen LogP contribution in [0.1, 0.15) is 6.92 Å². The predicted molar refractivity (Wildman–Crippen MR) is 127 cm³/mol. The quantitative estimate of drug-likeness (QED) is 0.505. The number of para-hydroxylation sites is 1. The minimum Gasteiger partial charge on any atom is -0.497 e. The highest BCUT2D eigenvalue weighted by molar-refractivity contribution is 5.93. The van der Waals surface area contributed by atoms with Gasteiger partial charge in [0.15, 0.2) is 11.5 Å². The van der Waals surface area contributed by atoms with Crippen molar-refractivity contribution < 1.29 is 9.53 Å². The molecule has 0 radical (unpaired) electrons. The molecule has 1 fully saturated rings. The zero-order valence-corrected chi connectivity index (χ0v) is 19.0. The van der Waals surface area contributed by atoms with Crippen LogP contribution in [0.2, 0.25) is 0 Å². The van der Waals surface area contributed by atoms with Crippen molar-refractivity contribution in [2.75, 3.05) is 45.7 Å². The van der Waals surface area contributed by atoms with Gasteiger partial charge in [-0.3, -0.25) is 4.79 Å². The van der Waals surface area contributed by atoms with Crippen molar-refractivity contribution in [3.05, 3.63) is 48.5 Å². The smallest absolute Gasteiger partial charge is 0.244 e. The molecule has 0 aliphatic carbocycles. The number of likely N-dealkylation sites (N-methyl/N-ethyl adjacent to an activating group) is 1. The Labute approximate surface area is 192 Å². The number of hydrogen-bond donors (Lipinski definition) is 1. The second-order valence-electron chi connectivity index (χ2n) is 8.35. The van der Waals surface area contributed by atoms with Crippen molar-refractivity contribution in [3.63, 3.8) is 0 Å². The summed E-state index contributed by atoms with van der Waals surface area (Å²) in [6.07, 6.45) is 0. The number of benzene rings is 2. The van der Waals surface area contributed by atoms with E-state index in [1.807, 2.05) is 60.4 Å². The molecule has 1 atom stereocenters. The molecule has 0 unspecified atom stereocenters. The number of amides is 1. The monoisotopic (exact) mass is 445 g/mol. The van der Waals surface area contributed by atoms with Gasteiger partial charge in [0.2, 0.25) is 11.9 Å². The number of carbonyl (C=O) groups excluding carboxylic acids is 1. The van der Waals surface area contributed by atoms with Crippen LogP contribution < -0.4 is 10.1 Å². The molecule has 0 bridgehead atoms. The molecule has 33 heavy (non-hydrogen) atoms. The van der Waals surface area contributed by atoms with Gasteiger partial charge < -0.3 is 19.9 Å². The maximum Gasteiger partial charge on any atom is 0.244 e. The molecule has 9 heteroatoms. The molecule has 5 rings (SSSR count). The van der Waals surface area contributed by atoms with Crippen molar-refractivity contribution in [2.24, 2.45) is 0 Å². The summed E-state index contributed by atoms with van der Waals surface area (Å²) in [6.45, 7) is 5.08. The second kappa shape index (κ2) is 8.67. The number of rotatable bonds is 5. The molecular weight excluding hydrogens is 418 g/mol. The van der Waals surface area contributed by atoms with Gasteiger partial charge in [-0.1, -0.05) is 12.1 Å². The summed E-state index contributed by atoms with van der Waals surface area (Å²) in [5, 5.41) is 8.92. The van der Waals surface area contributed by atoms with E-state index in [0.29, 0.717) is 17.4 Å². The van der Waals surface area contributed by atoms with Crippen LogP contribution in [0.4, 0.5) is 5.95 Å². The Kier molecular flexibility index (Phi) is 5.55. The summed E-state index contributed by atoms with van der Waals surface area (Å²) in [5.41, 5.74) is 2.35. The van der Waals surface area contributed by atoms with Crippen LogP contribution in [-0.4, -0.2) is 81.7 Å². The molecule has 1 amide bonds. The average Bonchev–Trinajstić information content (AvgIpc) is 3.30. The number of fused-ring (bicyclic) bond motifs is 3. The molecule has 1 aliphatic heterocycles. The highest BCUT2D eigenvalue weighted by Gasteiger charge is 2.25. The van der Waals surface area contributed by atoms with Gasteiger partial charge in [0.1, 0.15) is 11.8 Å². The lowest BCUT2D eigenvalue weighted by molar-refractivity contribution is -0.133. The number of carbonyl (C=O) groups is 1. The van der Waals surface area contributed by atoms with Crippen molar-refractivity contribution >= 4 is 28.4 Å². The van der Waals surface area contributed by atoms with Gasteiger partial charge in [0, 0.05) is 37.1 Å². The lowest BCUT2D eigenvalue weighted by Crippen LogP contribution is -2.51. The summed E-state index contributed by atoms with van der Waals surface area (Å²) >= 11 is 0. The first kappa shape index (κ1) is 21.1. The first-order chi connectivity index (χ1) is 16.0. The van der Waals surface area contributed by atoms with Crippen molar-refractivity contribution in [1.29, 1.82) is 0 Å². The first-order valence-electron chi connectivity index (χ1n) is 11.1. The highest BCUT2D eigenvalue weighted by atomic mass is 16.5. The van der Waals surface area contributed by atoms with Crippen LogP contribution in [0.25, 0.3) is 27.9 Å². The topological polar surface area (TPSA) is 87.9 Å². The third kappa shape index (κ3) is 4.07. The van der Waals surface area contributed by atoms with E-state index in [-0.39, 0.29) is 5.91 Å². The fraction of sp³-hybridized carbons (Fsp3) is 0.333. The molecule has 1 saturated heterocycles. The lowest BCUT2D eigenvalue weighted by Gasteiger charge is -2.34. The number of ether oxygens (including phenoxy) is 1. The van der Waals surface area contributed by atoms with E-state index in [0.717, 1.165) is 48.4 Å². The van der Waals surface area contributed by atoms with Gasteiger partial charge >= 0.3 is 0 Å². The molecule has 3 heterocycles. The SMILES string of the molecule is COc1ccc(-c2nc3c4ccccc4nc(N[C@H](C)C(=O)N4CCN(C)CC4)n3n2)cc1. The Morgan fingerprint density at radius 1 is 1.03 bits per heavy atom. The number of nitrogens with zero attached hydrogens (tertiary/aromatic N) is 6. The second-order valence-corrected chi connectivity index (χ2v) is 8.35. The van der Waals surface area contributed by atoms with E-state index in [4.69, 9.17) is 19.8 Å². The lowest BCUT2D eigenvalue weighted by atomic mass is 10.2. The molecule has 2 aromatic carbocycles. The van der Waals surface area contributed by atoms with E-state index in [2.05, 4.69) is 17.3 Å². The molecule has 2 aromatic heterocycles. The van der Waals surface area contributed by atoms with E-state index < -0.39 is 6.04 Å². The molecule has 0 saturated carbocycles. The van der Waals surface area contributed by atoms with E-state index in [9.17, 15) is 4.79 Å². The van der Waals surface area contributed by atoms with Gasteiger partial charge in [-0.05, 0) is 50.4 Å². The van der Waals surface area contributed by atoms with Crippen LogP contribution in [-0.2, 0) is 4.79 Å². The summed E-state index contributed by atoms with van der Waals surface area (Å²) in [5.74, 6) is 1.90. The van der Waals surface area contributed by atoms with Gasteiger partial charge in [-0.15, -0.1) is 5.10 Å². The standard InChI is InChI=1S/C24H27N7O2/c1-16(23(32)30-14-12-29(2)13-15-30)25-24-26-20-7-5-4-6-19(20)22-27-21(28-31(22)24)17-8-10-18(33-3)11-9-17/h4-11,16H,12-15H2,1-3H3,(H,25,26)/t16-/m1/s1. The maximum atomic E-state index is 13.1. The average molecular weight is 446 g/mol. The van der Waals surface area contributed by atoms with Gasteiger partial charge in [0.05, 0.1) is 12.6 Å². The van der Waals surface area contributed by atoms with Crippen LogP contribution in [0.5, 0.6) is 5.75 Å². The third-order valence-corrected chi connectivity index (χ3v) is 6.06. The Morgan fingerprint density at radius 2 is 1.76 bits per heavy atom. The Balaban J connectivity index is 1.51. The summed E-state index contributed by atoms with van der Waals surface area (Å²) in [4.78, 5) is 26.8. The number of aromatic nitrogens is 4. The van der Waals surface area contributed by atoms with Crippen molar-refractivity contribution in [1.82, 2.24) is 29.4 Å². The Morgan fingerprint density at radius 3 is 2.48 bits per heavy atom. The number of anilines is 1. The summed E-state index contributed by atoms with van der Waals surface area (Å²) < 4.78 is 6.95. The minimum absolute atomic E-state index is 0.0571. The number of piperazine rings is 1. The molecule has 1 aliphatic rings. The fourth-order valence-corrected chi connectivity index (χ4v) is 4.07. The highest BCUT2D eigenvalue weighted by Crippen LogP contribution is 2.25. The summed E-state index contributed by atoms with van der Waals surface area (Å²) in [7, 11) is 3.71. The predicted octanol–water partition coefficient (Wildman–Crippen LogP) is 2.53. The number of methoxy groups -OCH3 is 1. The normalized spacial score (nSPS) is 15.7. The molecule has 0 spiro atoms. The van der Waals surface area contributed by atoms with E-state index in [1.165, 1.54) is 0 Å². The maximum absolute atomic E-state index is 13.1. The van der Waals surface area contributed by atoms with Crippen LogP contribution in [0.3, 0.4) is 0 Å². The fourth-order valence-electron chi connectivity index (χ4n) is 4.07. The van der Waals surface area contributed by atoms with Crippen LogP contribution >= 0.6 is 0 Å². The largest absolute Gasteiger partial charge is 0.497 e. The number of hydrogen-bond acceptors (Lipinski definition) is 7. The molecule has 1 N–H and O–H groups in total. The number of nitrogens with one attached hydrogen (secondary N) is 1. The summed E-state index contributed by atoms with van der Waals surface area (Å²) in [6, 6.07) is 15.0. The Hall–Kier alpha value is -3.72. The third-order valence-electron chi connectivity index (χ3n) is 6.06. The molecule has 4 aromatic rings. The van der Waals surface area contributed by atoms with E-state index in [1.54, 1.807) is 11.6 Å². The van der Waals surface area contributed by atoms with Crippen LogP contribution in [0, 0.1) is 0 Å². The van der Waals surface area contributed by atoms with Gasteiger partial charge in [0.25, 0.3) is 0 Å². The first-order valence-corrected chi connectivity index (χ1v) is 11.1. The Bertz CT molecular complexity index is 1290. The van der Waals surface area contributed by atoms with E-state index >= 15 is 0 Å². The molecular formula is C24H27N7O2. The van der Waals surface area contributed by atoms with Crippen LogP contribution in [0.15, 0.2) is 48.5 Å². The van der Waals surface area contributed by atoms with Crippen molar-refractivity contribution in [3.8, 4) is 17.1 Å². The molecule has 170 valence electrons. The minimum atomic E-state index is -0.445. The zero-order chi connectivity index (χ0) is 22.9. The van der Waals surface area contributed by atoms with Crippen molar-refractivity contribution in [2.45, 2.75) is 13.0 Å². The molecule has 9 nitrogen and oxygen atoms in total. The van der Waals surface area contributed by atoms with Gasteiger partial charge in [-0.25, -0.2) is 9.97 Å². The van der Waals surface area contributed by atoms with Gasteiger partial charge in [-0.2, -0.15) is 4.52 Å².